The minimum atomic E-state index is -0.815. The van der Waals surface area contributed by atoms with E-state index in [-0.39, 0.29) is 19.4 Å². The number of carbonyl (C=O) groups excluding carboxylic acids is 4. The molecule has 104 valence electrons. The van der Waals surface area contributed by atoms with Gasteiger partial charge in [0, 0.05) is 24.5 Å². The summed E-state index contributed by atoms with van der Waals surface area (Å²) >= 11 is 0. The van der Waals surface area contributed by atoms with Crippen LogP contribution >= 0.6 is 0 Å². The number of ether oxygens (including phenoxy) is 2. The Morgan fingerprint density at radius 1 is 1.11 bits per heavy atom. The van der Waals surface area contributed by atoms with Gasteiger partial charge in [-0.25, -0.2) is 9.59 Å². The highest BCUT2D eigenvalue weighted by Gasteiger charge is 2.20. The van der Waals surface area contributed by atoms with E-state index in [2.05, 4.69) is 13.2 Å². The molecule has 0 aliphatic heterocycles. The first-order chi connectivity index (χ1) is 9.07. The third kappa shape index (κ3) is 7.64. The number of esters is 2. The Labute approximate surface area is 111 Å². The summed E-state index contributed by atoms with van der Waals surface area (Å²) < 4.78 is 9.68. The topological polar surface area (TPSA) is 86.7 Å². The van der Waals surface area contributed by atoms with E-state index < -0.39 is 24.0 Å². The largest absolute Gasteiger partial charge is 0.459 e. The van der Waals surface area contributed by atoms with Gasteiger partial charge in [-0.2, -0.15) is 0 Å². The van der Waals surface area contributed by atoms with Crippen LogP contribution in [-0.2, 0) is 28.7 Å². The summed E-state index contributed by atoms with van der Waals surface area (Å²) in [4.78, 5) is 43.1. The van der Waals surface area contributed by atoms with Crippen LogP contribution in [0.3, 0.4) is 0 Å². The van der Waals surface area contributed by atoms with E-state index in [1.165, 1.54) is 0 Å². The number of hydrogen-bond acceptors (Lipinski definition) is 6. The second kappa shape index (κ2) is 9.76. The van der Waals surface area contributed by atoms with Crippen molar-refractivity contribution in [3.8, 4) is 0 Å². The summed E-state index contributed by atoms with van der Waals surface area (Å²) in [6.07, 6.45) is 2.41. The predicted molar refractivity (Wildman–Crippen MR) is 66.1 cm³/mol. The van der Waals surface area contributed by atoms with Gasteiger partial charge in [-0.3, -0.25) is 0 Å². The van der Waals surface area contributed by atoms with Gasteiger partial charge in [0.25, 0.3) is 0 Å². The lowest BCUT2D eigenvalue weighted by Gasteiger charge is -2.18. The maximum Gasteiger partial charge on any atom is 0.330 e. The average molecular weight is 268 g/mol. The molecule has 0 radical (unpaired) electrons. The maximum atomic E-state index is 11.1. The second-order valence-electron chi connectivity index (χ2n) is 3.63. The molecule has 0 bridgehead atoms. The Hall–Kier alpha value is -2.24. The Bertz CT molecular complexity index is 360. The standard InChI is InChI=1S/C13H16O6/c1-3-12(16)18-9-11(19-13(17)4-2)7-10(8-15)5-6-14/h3-4,6,8,10-11H,1-2,5,7,9H2. The molecular formula is C13H16O6. The zero-order chi connectivity index (χ0) is 14.7. The molecule has 6 heteroatoms. The normalized spacial score (nSPS) is 12.6. The number of hydrogen-bond donors (Lipinski definition) is 0. The lowest BCUT2D eigenvalue weighted by Crippen LogP contribution is -2.27. The monoisotopic (exact) mass is 268 g/mol. The smallest absolute Gasteiger partial charge is 0.330 e. The van der Waals surface area contributed by atoms with Crippen molar-refractivity contribution in [3.63, 3.8) is 0 Å². The molecule has 2 atom stereocenters. The Morgan fingerprint density at radius 3 is 2.21 bits per heavy atom. The van der Waals surface area contributed by atoms with E-state index in [0.717, 1.165) is 12.2 Å². The number of aldehydes is 2. The van der Waals surface area contributed by atoms with Crippen molar-refractivity contribution in [2.75, 3.05) is 6.61 Å². The first-order valence-electron chi connectivity index (χ1n) is 5.58. The molecule has 19 heavy (non-hydrogen) atoms. The van der Waals surface area contributed by atoms with Gasteiger partial charge in [0.1, 0.15) is 25.3 Å². The SMILES string of the molecule is C=CC(=O)OCC(CC(C=O)CC=O)OC(=O)C=C. The maximum absolute atomic E-state index is 11.1. The second-order valence-corrected chi connectivity index (χ2v) is 3.63. The molecule has 0 amide bonds. The molecule has 0 saturated carbocycles. The van der Waals surface area contributed by atoms with E-state index >= 15 is 0 Å². The van der Waals surface area contributed by atoms with Crippen LogP contribution in [0.2, 0.25) is 0 Å². The quantitative estimate of drug-likeness (QED) is 0.328. The summed E-state index contributed by atoms with van der Waals surface area (Å²) in [5.41, 5.74) is 0. The highest BCUT2D eigenvalue weighted by atomic mass is 16.6. The van der Waals surface area contributed by atoms with E-state index in [0.29, 0.717) is 12.6 Å². The fourth-order valence-corrected chi connectivity index (χ4v) is 1.27. The fraction of sp³-hybridized carbons (Fsp3) is 0.385. The van der Waals surface area contributed by atoms with Gasteiger partial charge in [-0.15, -0.1) is 0 Å². The van der Waals surface area contributed by atoms with E-state index in [4.69, 9.17) is 9.47 Å². The third-order valence-corrected chi connectivity index (χ3v) is 2.18. The Balaban J connectivity index is 4.54. The van der Waals surface area contributed by atoms with Crippen molar-refractivity contribution in [1.82, 2.24) is 0 Å². The summed E-state index contributed by atoms with van der Waals surface area (Å²) in [6, 6.07) is 0. The zero-order valence-corrected chi connectivity index (χ0v) is 10.4. The molecule has 0 saturated heterocycles. The third-order valence-electron chi connectivity index (χ3n) is 2.18. The van der Waals surface area contributed by atoms with Crippen LogP contribution in [-0.4, -0.2) is 37.2 Å². The van der Waals surface area contributed by atoms with Crippen LogP contribution in [0.1, 0.15) is 12.8 Å². The Kier molecular flexibility index (Phi) is 8.61. The predicted octanol–water partition coefficient (Wildman–Crippen LogP) is 0.608. The van der Waals surface area contributed by atoms with Gasteiger partial charge in [0.2, 0.25) is 0 Å². The van der Waals surface area contributed by atoms with Gasteiger partial charge in [0.15, 0.2) is 0 Å². The van der Waals surface area contributed by atoms with Gasteiger partial charge in [-0.05, 0) is 6.42 Å². The first-order valence-corrected chi connectivity index (χ1v) is 5.58. The molecule has 2 unspecified atom stereocenters. The van der Waals surface area contributed by atoms with Crippen LogP contribution in [0.5, 0.6) is 0 Å². The number of carbonyl (C=O) groups is 4. The molecule has 0 aromatic heterocycles. The summed E-state index contributed by atoms with van der Waals surface area (Å²) in [7, 11) is 0. The molecule has 0 aliphatic rings. The fourth-order valence-electron chi connectivity index (χ4n) is 1.27. The molecule has 0 spiro atoms. The molecule has 0 N–H and O–H groups in total. The molecule has 6 nitrogen and oxygen atoms in total. The first kappa shape index (κ1) is 16.8. The van der Waals surface area contributed by atoms with Crippen molar-refractivity contribution in [1.29, 1.82) is 0 Å². The average Bonchev–Trinajstić information content (AvgIpc) is 2.43. The molecule has 0 heterocycles. The van der Waals surface area contributed by atoms with Crippen molar-refractivity contribution < 1.29 is 28.7 Å². The molecule has 0 aliphatic carbocycles. The molecular weight excluding hydrogens is 252 g/mol. The van der Waals surface area contributed by atoms with Gasteiger partial charge in [0.05, 0.1) is 0 Å². The minimum absolute atomic E-state index is 0.0149. The highest BCUT2D eigenvalue weighted by Crippen LogP contribution is 2.12. The summed E-state index contributed by atoms with van der Waals surface area (Å²) in [6.45, 7) is 6.24. The molecule has 0 fully saturated rings. The molecule has 0 rings (SSSR count). The molecule has 0 aromatic rings. The van der Waals surface area contributed by atoms with Crippen LogP contribution in [0.15, 0.2) is 25.3 Å². The summed E-state index contributed by atoms with van der Waals surface area (Å²) in [5.74, 6) is -1.96. The van der Waals surface area contributed by atoms with E-state index in [9.17, 15) is 19.2 Å². The van der Waals surface area contributed by atoms with E-state index in [1.54, 1.807) is 0 Å². The van der Waals surface area contributed by atoms with Gasteiger partial charge in [-0.1, -0.05) is 13.2 Å². The molecule has 0 aromatic carbocycles. The van der Waals surface area contributed by atoms with Crippen molar-refractivity contribution >= 4 is 24.5 Å². The lowest BCUT2D eigenvalue weighted by molar-refractivity contribution is -0.154. The minimum Gasteiger partial charge on any atom is -0.459 e. The van der Waals surface area contributed by atoms with Crippen LogP contribution < -0.4 is 0 Å². The van der Waals surface area contributed by atoms with Crippen molar-refractivity contribution in [2.24, 2.45) is 5.92 Å². The lowest BCUT2D eigenvalue weighted by atomic mass is 10.0. The van der Waals surface area contributed by atoms with Crippen molar-refractivity contribution in [2.45, 2.75) is 18.9 Å². The highest BCUT2D eigenvalue weighted by molar-refractivity contribution is 5.82. The van der Waals surface area contributed by atoms with E-state index in [1.807, 2.05) is 0 Å². The van der Waals surface area contributed by atoms with Crippen LogP contribution in [0, 0.1) is 5.92 Å². The van der Waals surface area contributed by atoms with Crippen molar-refractivity contribution in [3.05, 3.63) is 25.3 Å². The Morgan fingerprint density at radius 2 is 1.74 bits per heavy atom. The van der Waals surface area contributed by atoms with Gasteiger partial charge < -0.3 is 19.1 Å². The van der Waals surface area contributed by atoms with Crippen LogP contribution in [0.4, 0.5) is 0 Å². The van der Waals surface area contributed by atoms with Gasteiger partial charge >= 0.3 is 11.9 Å². The summed E-state index contributed by atoms with van der Waals surface area (Å²) in [5, 5.41) is 0. The van der Waals surface area contributed by atoms with Crippen LogP contribution in [0.25, 0.3) is 0 Å². The number of rotatable bonds is 10. The zero-order valence-electron chi connectivity index (χ0n) is 10.4.